The zero-order chi connectivity index (χ0) is 16.6. The molecule has 1 aliphatic rings. The van der Waals surface area contributed by atoms with Gasteiger partial charge in [-0.25, -0.2) is 22.6 Å². The van der Waals surface area contributed by atoms with Crippen molar-refractivity contribution in [3.63, 3.8) is 0 Å². The van der Waals surface area contributed by atoms with Gasteiger partial charge in [0, 0.05) is 4.88 Å². The number of fused-ring (bicyclic) bond motifs is 1. The van der Waals surface area contributed by atoms with Crippen molar-refractivity contribution in [3.8, 4) is 0 Å². The van der Waals surface area contributed by atoms with Crippen molar-refractivity contribution in [2.45, 2.75) is 30.6 Å². The fraction of sp³-hybridized carbons (Fsp3) is 0.286. The average Bonchev–Trinajstić information content (AvgIpc) is 2.88. The minimum Gasteiger partial charge on any atom is -0.478 e. The van der Waals surface area contributed by atoms with Gasteiger partial charge in [0.1, 0.15) is 5.82 Å². The second-order valence-electron chi connectivity index (χ2n) is 5.15. The van der Waals surface area contributed by atoms with Crippen LogP contribution in [-0.2, 0) is 22.9 Å². The van der Waals surface area contributed by atoms with E-state index in [9.17, 15) is 17.6 Å². The Morgan fingerprint density at radius 2 is 2.04 bits per heavy atom. The summed E-state index contributed by atoms with van der Waals surface area (Å²) < 4.78 is 40.4. The number of benzene rings is 1. The molecule has 122 valence electrons. The number of carboxylic acid groups (broad SMARTS) is 1. The summed E-state index contributed by atoms with van der Waals surface area (Å²) in [5.74, 6) is -2.51. The topological polar surface area (TPSA) is 96.4 Å². The van der Waals surface area contributed by atoms with Crippen molar-refractivity contribution in [1.29, 1.82) is 0 Å². The van der Waals surface area contributed by atoms with Crippen LogP contribution in [0.15, 0.2) is 23.1 Å². The Morgan fingerprint density at radius 3 is 2.74 bits per heavy atom. The minimum absolute atomic E-state index is 0.248. The fourth-order valence-corrected chi connectivity index (χ4v) is 4.72. The van der Waals surface area contributed by atoms with Crippen molar-refractivity contribution in [3.05, 3.63) is 40.2 Å². The maximum absolute atomic E-state index is 13.4. The molecule has 2 N–H and O–H groups in total. The molecule has 0 unspecified atom stereocenters. The van der Waals surface area contributed by atoms with Crippen LogP contribution in [0.1, 0.15) is 33.8 Å². The minimum atomic E-state index is -4.02. The Balaban J connectivity index is 1.91. The molecule has 0 radical (unpaired) electrons. The van der Waals surface area contributed by atoms with Gasteiger partial charge < -0.3 is 5.11 Å². The third-order valence-electron chi connectivity index (χ3n) is 3.55. The molecule has 1 aromatic heterocycles. The van der Waals surface area contributed by atoms with Gasteiger partial charge in [-0.2, -0.15) is 0 Å². The summed E-state index contributed by atoms with van der Waals surface area (Å²) in [6.07, 6.45) is 3.80. The monoisotopic (exact) mass is 356 g/mol. The number of nitrogens with one attached hydrogen (secondary N) is 1. The highest BCUT2D eigenvalue weighted by Crippen LogP contribution is 2.31. The van der Waals surface area contributed by atoms with Crippen LogP contribution in [0.2, 0.25) is 0 Å². The number of aryl methyl sites for hydroxylation is 2. The summed E-state index contributed by atoms with van der Waals surface area (Å²) in [7, 11) is -4.02. The van der Waals surface area contributed by atoms with Crippen LogP contribution in [0, 0.1) is 5.82 Å². The van der Waals surface area contributed by atoms with Crippen molar-refractivity contribution >= 4 is 32.5 Å². The van der Waals surface area contributed by atoms with Gasteiger partial charge in [-0.3, -0.25) is 4.72 Å². The molecule has 1 aromatic carbocycles. The third-order valence-corrected chi connectivity index (χ3v) is 6.08. The summed E-state index contributed by atoms with van der Waals surface area (Å²) in [6, 6.07) is 2.65. The zero-order valence-electron chi connectivity index (χ0n) is 11.9. The van der Waals surface area contributed by atoms with Crippen LogP contribution >= 0.6 is 11.3 Å². The van der Waals surface area contributed by atoms with Crippen LogP contribution in [0.5, 0.6) is 0 Å². The lowest BCUT2D eigenvalue weighted by Crippen LogP contribution is -2.14. The number of halogens is 1. The SMILES string of the molecule is O=C(O)c1cc(S(=O)(=O)Nc2nc3c(s2)CCCC3)ccc1F. The highest BCUT2D eigenvalue weighted by molar-refractivity contribution is 7.93. The smallest absolute Gasteiger partial charge is 0.338 e. The Labute approximate surface area is 136 Å². The molecule has 0 saturated heterocycles. The molecule has 0 atom stereocenters. The van der Waals surface area contributed by atoms with E-state index < -0.39 is 27.4 Å². The molecule has 1 aliphatic carbocycles. The number of aromatic carboxylic acids is 1. The van der Waals surface area contributed by atoms with Crippen LogP contribution < -0.4 is 4.72 Å². The molecular formula is C14H13FN2O4S2. The van der Waals surface area contributed by atoms with Crippen molar-refractivity contribution < 1.29 is 22.7 Å². The number of anilines is 1. The number of thiazole rings is 1. The Hall–Kier alpha value is -2.00. The van der Waals surface area contributed by atoms with Gasteiger partial charge in [0.2, 0.25) is 0 Å². The van der Waals surface area contributed by atoms with E-state index in [2.05, 4.69) is 9.71 Å². The predicted molar refractivity (Wildman–Crippen MR) is 82.9 cm³/mol. The molecule has 23 heavy (non-hydrogen) atoms. The van der Waals surface area contributed by atoms with Crippen LogP contribution in [0.4, 0.5) is 9.52 Å². The number of hydrogen-bond acceptors (Lipinski definition) is 5. The first kappa shape index (κ1) is 15.9. The average molecular weight is 356 g/mol. The molecule has 0 bridgehead atoms. The standard InChI is InChI=1S/C14H13FN2O4S2/c15-10-6-5-8(7-9(10)13(18)19)23(20,21)17-14-16-11-3-1-2-4-12(11)22-14/h5-7H,1-4H2,(H,16,17)(H,18,19). The van der Waals surface area contributed by atoms with E-state index in [0.717, 1.165) is 54.5 Å². The number of sulfonamides is 1. The molecular weight excluding hydrogens is 343 g/mol. The van der Waals surface area contributed by atoms with Crippen molar-refractivity contribution in [2.75, 3.05) is 4.72 Å². The van der Waals surface area contributed by atoms with Crippen LogP contribution in [0.25, 0.3) is 0 Å². The molecule has 9 heteroatoms. The number of carbonyl (C=O) groups is 1. The first-order valence-electron chi connectivity index (χ1n) is 6.91. The summed E-state index contributed by atoms with van der Waals surface area (Å²) >= 11 is 1.28. The predicted octanol–water partition coefficient (Wildman–Crippen LogP) is 2.66. The molecule has 0 amide bonds. The molecule has 0 saturated carbocycles. The Kier molecular flexibility index (Phi) is 4.07. The van der Waals surface area contributed by atoms with Crippen LogP contribution in [0.3, 0.4) is 0 Å². The second kappa shape index (κ2) is 5.89. The molecule has 0 spiro atoms. The normalized spacial score (nSPS) is 14.3. The fourth-order valence-electron chi connectivity index (χ4n) is 2.40. The van der Waals surface area contributed by atoms with E-state index in [-0.39, 0.29) is 10.0 Å². The molecule has 6 nitrogen and oxygen atoms in total. The number of aromatic nitrogens is 1. The Morgan fingerprint density at radius 1 is 1.30 bits per heavy atom. The van der Waals surface area contributed by atoms with E-state index in [1.54, 1.807) is 0 Å². The second-order valence-corrected chi connectivity index (χ2v) is 7.91. The van der Waals surface area contributed by atoms with Gasteiger partial charge in [0.15, 0.2) is 5.13 Å². The summed E-state index contributed by atoms with van der Waals surface area (Å²) in [6.45, 7) is 0. The lowest BCUT2D eigenvalue weighted by molar-refractivity contribution is 0.0691. The number of carboxylic acids is 1. The number of hydrogen-bond donors (Lipinski definition) is 2. The molecule has 0 aliphatic heterocycles. The van der Waals surface area contributed by atoms with E-state index in [0.29, 0.717) is 0 Å². The highest BCUT2D eigenvalue weighted by atomic mass is 32.2. The maximum Gasteiger partial charge on any atom is 0.338 e. The first-order valence-corrected chi connectivity index (χ1v) is 9.21. The van der Waals surface area contributed by atoms with Gasteiger partial charge in [-0.1, -0.05) is 0 Å². The van der Waals surface area contributed by atoms with Crippen LogP contribution in [-0.4, -0.2) is 24.5 Å². The van der Waals surface area contributed by atoms with Gasteiger partial charge >= 0.3 is 5.97 Å². The summed E-state index contributed by atoms with van der Waals surface area (Å²) in [5, 5.41) is 9.14. The first-order chi connectivity index (χ1) is 10.9. The zero-order valence-corrected chi connectivity index (χ0v) is 13.5. The Bertz CT molecular complexity index is 853. The molecule has 2 aromatic rings. The summed E-state index contributed by atoms with van der Waals surface area (Å²) in [4.78, 5) is 16.0. The third kappa shape index (κ3) is 3.20. The molecule has 1 heterocycles. The van der Waals surface area contributed by atoms with Gasteiger partial charge in [0.05, 0.1) is 16.2 Å². The van der Waals surface area contributed by atoms with Crippen molar-refractivity contribution in [1.82, 2.24) is 4.98 Å². The lowest BCUT2D eigenvalue weighted by atomic mass is 10.0. The largest absolute Gasteiger partial charge is 0.478 e. The van der Waals surface area contributed by atoms with Gasteiger partial charge in [0.25, 0.3) is 10.0 Å². The molecule has 0 fully saturated rings. The number of nitrogens with zero attached hydrogens (tertiary/aromatic N) is 1. The van der Waals surface area contributed by atoms with Gasteiger partial charge in [-0.15, -0.1) is 11.3 Å². The summed E-state index contributed by atoms with van der Waals surface area (Å²) in [5.41, 5.74) is 0.218. The number of rotatable bonds is 4. The highest BCUT2D eigenvalue weighted by Gasteiger charge is 2.22. The lowest BCUT2D eigenvalue weighted by Gasteiger charge is -2.06. The van der Waals surface area contributed by atoms with Crippen molar-refractivity contribution in [2.24, 2.45) is 0 Å². The van der Waals surface area contributed by atoms with Gasteiger partial charge in [-0.05, 0) is 43.9 Å². The molecule has 3 rings (SSSR count). The van der Waals surface area contributed by atoms with E-state index in [1.165, 1.54) is 11.3 Å². The van der Waals surface area contributed by atoms with E-state index in [4.69, 9.17) is 5.11 Å². The quantitative estimate of drug-likeness (QED) is 0.878. The van der Waals surface area contributed by atoms with E-state index in [1.807, 2.05) is 0 Å². The van der Waals surface area contributed by atoms with E-state index >= 15 is 0 Å². The maximum atomic E-state index is 13.4.